The van der Waals surface area contributed by atoms with Crippen LogP contribution in [0.25, 0.3) is 0 Å². The van der Waals surface area contributed by atoms with Crippen LogP contribution in [0, 0.1) is 0 Å². The van der Waals surface area contributed by atoms with Crippen molar-refractivity contribution in [2.45, 2.75) is 63.5 Å². The van der Waals surface area contributed by atoms with Crippen LogP contribution in [0.2, 0.25) is 0 Å². The molecular weight excluding hydrogens is 268 g/mol. The summed E-state index contributed by atoms with van der Waals surface area (Å²) in [7, 11) is 0. The monoisotopic (exact) mass is 292 g/mol. The SMILES string of the molecule is CC1CCCN1C1CCN(c2nnc(C3CC3)s2)CC1. The molecule has 3 fully saturated rings. The van der Waals surface area contributed by atoms with Crippen LogP contribution in [0.15, 0.2) is 0 Å². The van der Waals surface area contributed by atoms with E-state index in [-0.39, 0.29) is 0 Å². The van der Waals surface area contributed by atoms with Crippen molar-refractivity contribution in [3.63, 3.8) is 0 Å². The Hall–Kier alpha value is -0.680. The second-order valence-electron chi connectivity index (χ2n) is 6.64. The van der Waals surface area contributed by atoms with E-state index in [2.05, 4.69) is 26.9 Å². The molecule has 4 nitrogen and oxygen atoms in total. The first-order chi connectivity index (χ1) is 9.81. The van der Waals surface area contributed by atoms with Gasteiger partial charge in [0, 0.05) is 31.1 Å². The highest BCUT2D eigenvalue weighted by Gasteiger charge is 2.32. The van der Waals surface area contributed by atoms with Crippen molar-refractivity contribution in [3.8, 4) is 0 Å². The molecule has 0 aromatic carbocycles. The van der Waals surface area contributed by atoms with E-state index in [0.717, 1.165) is 31.1 Å². The molecule has 20 heavy (non-hydrogen) atoms. The maximum Gasteiger partial charge on any atom is 0.208 e. The molecule has 110 valence electrons. The predicted octanol–water partition coefficient (Wildman–Crippen LogP) is 2.87. The molecule has 2 saturated heterocycles. The molecular formula is C15H24N4S. The van der Waals surface area contributed by atoms with Crippen molar-refractivity contribution in [1.82, 2.24) is 15.1 Å². The highest BCUT2D eigenvalue weighted by molar-refractivity contribution is 7.15. The van der Waals surface area contributed by atoms with Gasteiger partial charge in [-0.1, -0.05) is 11.3 Å². The molecule has 3 aliphatic rings. The van der Waals surface area contributed by atoms with E-state index >= 15 is 0 Å². The fourth-order valence-corrected chi connectivity index (χ4v) is 4.80. The number of hydrogen-bond acceptors (Lipinski definition) is 5. The number of hydrogen-bond donors (Lipinski definition) is 0. The van der Waals surface area contributed by atoms with E-state index in [1.165, 1.54) is 55.2 Å². The molecule has 4 rings (SSSR count). The van der Waals surface area contributed by atoms with Crippen molar-refractivity contribution in [2.75, 3.05) is 24.5 Å². The van der Waals surface area contributed by atoms with Gasteiger partial charge in [-0.2, -0.15) is 0 Å². The van der Waals surface area contributed by atoms with Crippen molar-refractivity contribution in [2.24, 2.45) is 0 Å². The Kier molecular flexibility index (Phi) is 3.42. The van der Waals surface area contributed by atoms with Crippen LogP contribution >= 0.6 is 11.3 Å². The number of likely N-dealkylation sites (tertiary alicyclic amines) is 1. The minimum Gasteiger partial charge on any atom is -0.347 e. The Balaban J connectivity index is 1.36. The van der Waals surface area contributed by atoms with Gasteiger partial charge in [0.05, 0.1) is 0 Å². The molecule has 1 aliphatic carbocycles. The van der Waals surface area contributed by atoms with Gasteiger partial charge in [-0.3, -0.25) is 4.90 Å². The van der Waals surface area contributed by atoms with Gasteiger partial charge in [0.15, 0.2) is 0 Å². The third-order valence-corrected chi connectivity index (χ3v) is 6.31. The van der Waals surface area contributed by atoms with E-state index < -0.39 is 0 Å². The minimum absolute atomic E-state index is 0.740. The topological polar surface area (TPSA) is 32.3 Å². The van der Waals surface area contributed by atoms with Gasteiger partial charge in [0.2, 0.25) is 5.13 Å². The number of nitrogens with zero attached hydrogens (tertiary/aromatic N) is 4. The first kappa shape index (κ1) is 13.0. The molecule has 0 amide bonds. The smallest absolute Gasteiger partial charge is 0.208 e. The van der Waals surface area contributed by atoms with Gasteiger partial charge < -0.3 is 4.90 Å². The molecule has 1 atom stereocenters. The van der Waals surface area contributed by atoms with E-state index in [0.29, 0.717) is 0 Å². The highest BCUT2D eigenvalue weighted by atomic mass is 32.1. The summed E-state index contributed by atoms with van der Waals surface area (Å²) in [5, 5.41) is 11.2. The standard InChI is InChI=1S/C15H24N4S/c1-11-3-2-8-19(11)13-6-9-18(10-7-13)15-17-16-14(20-15)12-4-5-12/h11-13H,2-10H2,1H3. The summed E-state index contributed by atoms with van der Waals surface area (Å²) < 4.78 is 0. The van der Waals surface area contributed by atoms with Crippen molar-refractivity contribution in [3.05, 3.63) is 5.01 Å². The lowest BCUT2D eigenvalue weighted by molar-refractivity contribution is 0.163. The van der Waals surface area contributed by atoms with Gasteiger partial charge in [0.25, 0.3) is 0 Å². The van der Waals surface area contributed by atoms with Crippen LogP contribution in [-0.2, 0) is 0 Å². The Morgan fingerprint density at radius 3 is 2.45 bits per heavy atom. The van der Waals surface area contributed by atoms with Gasteiger partial charge in [-0.25, -0.2) is 0 Å². The van der Waals surface area contributed by atoms with Crippen LogP contribution in [-0.4, -0.2) is 46.8 Å². The second kappa shape index (κ2) is 5.26. The van der Waals surface area contributed by atoms with Crippen LogP contribution in [0.5, 0.6) is 0 Å². The minimum atomic E-state index is 0.740. The van der Waals surface area contributed by atoms with Crippen LogP contribution in [0.3, 0.4) is 0 Å². The Morgan fingerprint density at radius 2 is 1.80 bits per heavy atom. The molecule has 0 bridgehead atoms. The molecule has 0 spiro atoms. The maximum absolute atomic E-state index is 4.42. The van der Waals surface area contributed by atoms with Crippen LogP contribution in [0.1, 0.15) is 56.4 Å². The molecule has 1 saturated carbocycles. The quantitative estimate of drug-likeness (QED) is 0.857. The average molecular weight is 292 g/mol. The summed E-state index contributed by atoms with van der Waals surface area (Å²) in [6, 6.07) is 1.61. The van der Waals surface area contributed by atoms with Crippen molar-refractivity contribution < 1.29 is 0 Å². The van der Waals surface area contributed by atoms with Crippen molar-refractivity contribution >= 4 is 16.5 Å². The maximum atomic E-state index is 4.42. The third-order valence-electron chi connectivity index (χ3n) is 5.16. The zero-order valence-electron chi connectivity index (χ0n) is 12.3. The summed E-state index contributed by atoms with van der Waals surface area (Å²) in [5.41, 5.74) is 0. The molecule has 0 N–H and O–H groups in total. The van der Waals surface area contributed by atoms with E-state index in [1.807, 2.05) is 11.3 Å². The van der Waals surface area contributed by atoms with Crippen LogP contribution < -0.4 is 4.90 Å². The van der Waals surface area contributed by atoms with Crippen LogP contribution in [0.4, 0.5) is 5.13 Å². The number of anilines is 1. The lowest BCUT2D eigenvalue weighted by atomic mass is 10.0. The molecule has 1 unspecified atom stereocenters. The molecule has 2 aliphatic heterocycles. The van der Waals surface area contributed by atoms with Gasteiger partial charge in [-0.15, -0.1) is 10.2 Å². The zero-order valence-corrected chi connectivity index (χ0v) is 13.1. The second-order valence-corrected chi connectivity index (χ2v) is 7.63. The third kappa shape index (κ3) is 2.46. The number of aromatic nitrogens is 2. The Bertz CT molecular complexity index is 462. The van der Waals surface area contributed by atoms with Crippen molar-refractivity contribution in [1.29, 1.82) is 0 Å². The fraction of sp³-hybridized carbons (Fsp3) is 0.867. The molecule has 0 radical (unpaired) electrons. The van der Waals surface area contributed by atoms with Gasteiger partial charge >= 0.3 is 0 Å². The molecule has 1 aromatic rings. The fourth-order valence-electron chi connectivity index (χ4n) is 3.74. The van der Waals surface area contributed by atoms with E-state index in [4.69, 9.17) is 0 Å². The normalized spacial score (nSPS) is 29.2. The largest absolute Gasteiger partial charge is 0.347 e. The summed E-state index contributed by atoms with van der Waals surface area (Å²) >= 11 is 1.83. The zero-order chi connectivity index (χ0) is 13.5. The Labute approximate surface area is 125 Å². The Morgan fingerprint density at radius 1 is 1.00 bits per heavy atom. The number of rotatable bonds is 3. The number of piperidine rings is 1. The summed E-state index contributed by atoms with van der Waals surface area (Å²) in [6.45, 7) is 6.03. The highest BCUT2D eigenvalue weighted by Crippen LogP contribution is 2.42. The summed E-state index contributed by atoms with van der Waals surface area (Å²) in [4.78, 5) is 5.20. The van der Waals surface area contributed by atoms with Gasteiger partial charge in [0.1, 0.15) is 5.01 Å². The average Bonchev–Trinajstić information content (AvgIpc) is 3.05. The lowest BCUT2D eigenvalue weighted by Crippen LogP contribution is -2.46. The molecule has 3 heterocycles. The van der Waals surface area contributed by atoms with E-state index in [1.54, 1.807) is 0 Å². The molecule has 5 heteroatoms. The predicted molar refractivity (Wildman–Crippen MR) is 82.5 cm³/mol. The summed E-state index contributed by atoms with van der Waals surface area (Å²) in [5.74, 6) is 0.740. The first-order valence-electron chi connectivity index (χ1n) is 8.15. The summed E-state index contributed by atoms with van der Waals surface area (Å²) in [6.07, 6.45) is 8.02. The van der Waals surface area contributed by atoms with E-state index in [9.17, 15) is 0 Å². The van der Waals surface area contributed by atoms with Gasteiger partial charge in [-0.05, 0) is 52.0 Å². The molecule has 1 aromatic heterocycles. The lowest BCUT2D eigenvalue weighted by Gasteiger charge is -2.38. The first-order valence-corrected chi connectivity index (χ1v) is 8.97.